The van der Waals surface area contributed by atoms with Crippen molar-refractivity contribution in [2.75, 3.05) is 20.8 Å². The van der Waals surface area contributed by atoms with Crippen LogP contribution in [0.5, 0.6) is 11.5 Å². The Morgan fingerprint density at radius 3 is 2.56 bits per heavy atom. The summed E-state index contributed by atoms with van der Waals surface area (Å²) in [5.74, 6) is 1.57. The van der Waals surface area contributed by atoms with Crippen molar-refractivity contribution in [1.82, 2.24) is 14.7 Å². The Morgan fingerprint density at radius 2 is 1.84 bits per heavy atom. The summed E-state index contributed by atoms with van der Waals surface area (Å²) in [6.07, 6.45) is 0.460. The van der Waals surface area contributed by atoms with Gasteiger partial charge in [0.05, 0.1) is 30.1 Å². The second-order valence-corrected chi connectivity index (χ2v) is 7.13. The highest BCUT2D eigenvalue weighted by Crippen LogP contribution is 2.29. The summed E-state index contributed by atoms with van der Waals surface area (Å²) in [5, 5.41) is 0. The average Bonchev–Trinajstić information content (AvgIpc) is 3.03. The predicted octanol–water partition coefficient (Wildman–Crippen LogP) is 2.10. The summed E-state index contributed by atoms with van der Waals surface area (Å²) < 4.78 is 37.7. The van der Waals surface area contributed by atoms with Gasteiger partial charge in [0.2, 0.25) is 10.0 Å². The first kappa shape index (κ1) is 17.2. The number of hydrogen-bond donors (Lipinski definition) is 2. The number of H-pyrrole nitrogens is 1. The summed E-state index contributed by atoms with van der Waals surface area (Å²) in [7, 11) is -0.686. The number of aromatic amines is 1. The largest absolute Gasteiger partial charge is 0.493 e. The number of hydrogen-bond acceptors (Lipinski definition) is 5. The van der Waals surface area contributed by atoms with Crippen molar-refractivity contribution in [2.45, 2.75) is 11.3 Å². The predicted molar refractivity (Wildman–Crippen MR) is 94.5 cm³/mol. The summed E-state index contributed by atoms with van der Waals surface area (Å²) in [4.78, 5) is 7.72. The molecule has 0 fully saturated rings. The molecule has 132 valence electrons. The molecule has 2 N–H and O–H groups in total. The lowest BCUT2D eigenvalue weighted by atomic mass is 10.3. The number of nitrogens with zero attached hydrogens (tertiary/aromatic N) is 1. The topological polar surface area (TPSA) is 93.3 Å². The van der Waals surface area contributed by atoms with E-state index in [9.17, 15) is 8.42 Å². The third-order valence-corrected chi connectivity index (χ3v) is 5.22. The minimum atomic E-state index is -3.65. The zero-order valence-corrected chi connectivity index (χ0v) is 14.8. The van der Waals surface area contributed by atoms with Gasteiger partial charge in [-0.2, -0.15) is 0 Å². The van der Waals surface area contributed by atoms with Crippen molar-refractivity contribution in [1.29, 1.82) is 0 Å². The van der Waals surface area contributed by atoms with Crippen LogP contribution in [0.1, 0.15) is 5.82 Å². The number of ether oxygens (including phenoxy) is 2. The van der Waals surface area contributed by atoms with Gasteiger partial charge in [0.15, 0.2) is 11.5 Å². The van der Waals surface area contributed by atoms with Gasteiger partial charge in [-0.1, -0.05) is 12.1 Å². The Bertz CT molecular complexity index is 949. The lowest BCUT2D eigenvalue weighted by Gasteiger charge is -2.10. The third kappa shape index (κ3) is 3.75. The van der Waals surface area contributed by atoms with E-state index in [2.05, 4.69) is 14.7 Å². The highest BCUT2D eigenvalue weighted by atomic mass is 32.2. The van der Waals surface area contributed by atoms with Crippen molar-refractivity contribution in [3.05, 3.63) is 48.3 Å². The molecule has 0 saturated heterocycles. The van der Waals surface area contributed by atoms with Crippen molar-refractivity contribution in [3.8, 4) is 11.5 Å². The fraction of sp³-hybridized carbons (Fsp3) is 0.235. The number of methoxy groups -OCH3 is 2. The van der Waals surface area contributed by atoms with Gasteiger partial charge in [-0.05, 0) is 24.3 Å². The van der Waals surface area contributed by atoms with Crippen LogP contribution in [0.2, 0.25) is 0 Å². The standard InChI is InChI=1S/C17H19N3O4S/c1-23-15-8-7-12(11-16(15)24-2)25(21,22)18-10-9-17-19-13-5-3-4-6-14(13)20-17/h3-8,11,18H,9-10H2,1-2H3,(H,19,20). The van der Waals surface area contributed by atoms with E-state index in [1.165, 1.54) is 26.4 Å². The third-order valence-electron chi connectivity index (χ3n) is 3.76. The molecule has 0 bridgehead atoms. The van der Waals surface area contributed by atoms with E-state index in [1.54, 1.807) is 6.07 Å². The molecule has 3 rings (SSSR count). The summed E-state index contributed by atoms with van der Waals surface area (Å²) >= 11 is 0. The first-order valence-corrected chi connectivity index (χ1v) is 9.17. The van der Waals surface area contributed by atoms with E-state index >= 15 is 0 Å². The molecular formula is C17H19N3O4S. The van der Waals surface area contributed by atoms with Crippen LogP contribution in [-0.2, 0) is 16.4 Å². The van der Waals surface area contributed by atoms with Crippen LogP contribution in [0.15, 0.2) is 47.4 Å². The number of fused-ring (bicyclic) bond motifs is 1. The lowest BCUT2D eigenvalue weighted by molar-refractivity contribution is 0.354. The van der Waals surface area contributed by atoms with Crippen molar-refractivity contribution in [3.63, 3.8) is 0 Å². The molecule has 0 aliphatic carbocycles. The molecule has 0 atom stereocenters. The zero-order valence-electron chi connectivity index (χ0n) is 13.9. The van der Waals surface area contributed by atoms with Gasteiger partial charge >= 0.3 is 0 Å². The lowest BCUT2D eigenvalue weighted by Crippen LogP contribution is -2.26. The second-order valence-electron chi connectivity index (χ2n) is 5.37. The van der Waals surface area contributed by atoms with Crippen LogP contribution >= 0.6 is 0 Å². The molecule has 0 aliphatic rings. The van der Waals surface area contributed by atoms with Crippen LogP contribution in [0.3, 0.4) is 0 Å². The van der Waals surface area contributed by atoms with Gasteiger partial charge < -0.3 is 14.5 Å². The molecule has 0 amide bonds. The number of aromatic nitrogens is 2. The molecule has 0 radical (unpaired) electrons. The molecule has 3 aromatic rings. The van der Waals surface area contributed by atoms with Gasteiger partial charge in [0, 0.05) is 19.0 Å². The second kappa shape index (κ2) is 7.12. The Kier molecular flexibility index (Phi) is 4.91. The molecule has 0 spiro atoms. The van der Waals surface area contributed by atoms with Gasteiger partial charge in [0.25, 0.3) is 0 Å². The number of sulfonamides is 1. The van der Waals surface area contributed by atoms with E-state index in [0.717, 1.165) is 16.9 Å². The van der Waals surface area contributed by atoms with Crippen molar-refractivity contribution < 1.29 is 17.9 Å². The van der Waals surface area contributed by atoms with E-state index in [1.807, 2.05) is 24.3 Å². The number of para-hydroxylation sites is 2. The first-order chi connectivity index (χ1) is 12.0. The molecular weight excluding hydrogens is 342 g/mol. The number of imidazole rings is 1. The SMILES string of the molecule is COc1ccc(S(=O)(=O)NCCc2nc3ccccc3[nH]2)cc1OC. The zero-order chi connectivity index (χ0) is 17.9. The molecule has 7 nitrogen and oxygen atoms in total. The Labute approximate surface area is 146 Å². The Balaban J connectivity index is 1.69. The molecule has 0 unspecified atom stereocenters. The minimum Gasteiger partial charge on any atom is -0.493 e. The number of rotatable bonds is 7. The van der Waals surface area contributed by atoms with Crippen LogP contribution in [-0.4, -0.2) is 39.2 Å². The highest BCUT2D eigenvalue weighted by molar-refractivity contribution is 7.89. The number of nitrogens with one attached hydrogen (secondary N) is 2. The monoisotopic (exact) mass is 361 g/mol. The van der Waals surface area contributed by atoms with Crippen molar-refractivity contribution in [2.24, 2.45) is 0 Å². The van der Waals surface area contributed by atoms with E-state index < -0.39 is 10.0 Å². The fourth-order valence-electron chi connectivity index (χ4n) is 2.49. The quantitative estimate of drug-likeness (QED) is 0.672. The molecule has 25 heavy (non-hydrogen) atoms. The molecule has 8 heteroatoms. The van der Waals surface area contributed by atoms with Gasteiger partial charge in [-0.15, -0.1) is 0 Å². The maximum atomic E-state index is 12.4. The fourth-order valence-corrected chi connectivity index (χ4v) is 3.54. The Hall–Kier alpha value is -2.58. The minimum absolute atomic E-state index is 0.120. The average molecular weight is 361 g/mol. The Morgan fingerprint density at radius 1 is 1.08 bits per heavy atom. The molecule has 2 aromatic carbocycles. The van der Waals surface area contributed by atoms with Crippen LogP contribution in [0.4, 0.5) is 0 Å². The maximum Gasteiger partial charge on any atom is 0.240 e. The van der Waals surface area contributed by atoms with E-state index in [0.29, 0.717) is 17.9 Å². The smallest absolute Gasteiger partial charge is 0.240 e. The van der Waals surface area contributed by atoms with Crippen LogP contribution < -0.4 is 14.2 Å². The summed E-state index contributed by atoms with van der Waals surface area (Å²) in [5.41, 5.74) is 1.79. The van der Waals surface area contributed by atoms with E-state index in [4.69, 9.17) is 9.47 Å². The molecule has 0 aliphatic heterocycles. The van der Waals surface area contributed by atoms with Gasteiger partial charge in [0.1, 0.15) is 5.82 Å². The normalized spacial score (nSPS) is 11.6. The van der Waals surface area contributed by atoms with Crippen LogP contribution in [0.25, 0.3) is 11.0 Å². The molecule has 1 heterocycles. The molecule has 0 saturated carbocycles. The highest BCUT2D eigenvalue weighted by Gasteiger charge is 2.17. The molecule has 1 aromatic heterocycles. The maximum absolute atomic E-state index is 12.4. The van der Waals surface area contributed by atoms with E-state index in [-0.39, 0.29) is 11.4 Å². The van der Waals surface area contributed by atoms with Gasteiger partial charge in [-0.25, -0.2) is 18.1 Å². The first-order valence-electron chi connectivity index (χ1n) is 7.69. The number of benzene rings is 2. The summed E-state index contributed by atoms with van der Waals surface area (Å²) in [6.45, 7) is 0.233. The van der Waals surface area contributed by atoms with Crippen molar-refractivity contribution >= 4 is 21.1 Å². The van der Waals surface area contributed by atoms with Gasteiger partial charge in [-0.3, -0.25) is 0 Å². The summed E-state index contributed by atoms with van der Waals surface area (Å²) in [6, 6.07) is 12.1. The van der Waals surface area contributed by atoms with Crippen LogP contribution in [0, 0.1) is 0 Å².